The molecule has 0 spiro atoms. The molecule has 0 fully saturated rings. The molecule has 0 radical (unpaired) electrons. The second-order valence-electron chi connectivity index (χ2n) is 4.14. The molecule has 2 rings (SSSR count). The number of hydrogen-bond donors (Lipinski definition) is 0. The molecule has 0 aromatic heterocycles. The average Bonchev–Trinajstić information content (AvgIpc) is 2.40. The summed E-state index contributed by atoms with van der Waals surface area (Å²) < 4.78 is 27.1. The largest absolute Gasteiger partial charge is 0.292 e. The highest BCUT2D eigenvalue weighted by molar-refractivity contribution is 9.10. The van der Waals surface area contributed by atoms with Gasteiger partial charge in [-0.25, -0.2) is 8.78 Å². The minimum atomic E-state index is -1.09. The smallest absolute Gasteiger partial charge is 0.184 e. The Hall–Kier alpha value is -2.06. The summed E-state index contributed by atoms with van der Waals surface area (Å²) in [6.45, 7) is 0. The third-order valence-corrected chi connectivity index (χ3v) is 3.27. The van der Waals surface area contributed by atoms with Gasteiger partial charge in [0.15, 0.2) is 5.78 Å². The summed E-state index contributed by atoms with van der Waals surface area (Å²) in [4.78, 5) is 12.2. The van der Waals surface area contributed by atoms with E-state index in [4.69, 9.17) is 5.26 Å². The fraction of sp³-hybridized carbons (Fsp3) is 0.0667. The first-order valence-corrected chi connectivity index (χ1v) is 6.46. The van der Waals surface area contributed by atoms with E-state index in [0.717, 1.165) is 16.6 Å². The van der Waals surface area contributed by atoms with Gasteiger partial charge < -0.3 is 0 Å². The van der Waals surface area contributed by atoms with Crippen LogP contribution in [0.5, 0.6) is 0 Å². The van der Waals surface area contributed by atoms with Crippen molar-refractivity contribution in [3.8, 4) is 6.07 Å². The normalized spacial score (nSPS) is 11.7. The molecule has 2 aromatic rings. The zero-order valence-corrected chi connectivity index (χ0v) is 11.7. The molecule has 0 N–H and O–H groups in total. The van der Waals surface area contributed by atoms with Gasteiger partial charge in [-0.2, -0.15) is 5.26 Å². The summed E-state index contributed by atoms with van der Waals surface area (Å²) in [7, 11) is 0. The van der Waals surface area contributed by atoms with Crippen molar-refractivity contribution in [3.63, 3.8) is 0 Å². The Morgan fingerprint density at radius 3 is 2.15 bits per heavy atom. The van der Waals surface area contributed by atoms with Crippen molar-refractivity contribution in [2.75, 3.05) is 0 Å². The molecule has 2 nitrogen and oxygen atoms in total. The number of nitriles is 1. The van der Waals surface area contributed by atoms with Gasteiger partial charge in [0.25, 0.3) is 0 Å². The highest BCUT2D eigenvalue weighted by Gasteiger charge is 2.22. The van der Waals surface area contributed by atoms with Crippen molar-refractivity contribution in [2.24, 2.45) is 0 Å². The number of ketones is 1. The molecule has 1 atom stereocenters. The predicted octanol–water partition coefficient (Wildman–Crippen LogP) is 4.22. The molecule has 0 amide bonds. The quantitative estimate of drug-likeness (QED) is 0.788. The Morgan fingerprint density at radius 2 is 1.65 bits per heavy atom. The SMILES string of the molecule is N#CC(C(=O)c1cc(F)cc(F)c1)c1ccc(Br)cc1. The molecule has 0 bridgehead atoms. The monoisotopic (exact) mass is 335 g/mol. The molecule has 0 heterocycles. The maximum absolute atomic E-state index is 13.1. The van der Waals surface area contributed by atoms with E-state index in [9.17, 15) is 13.6 Å². The van der Waals surface area contributed by atoms with Crippen molar-refractivity contribution < 1.29 is 13.6 Å². The molecule has 5 heteroatoms. The van der Waals surface area contributed by atoms with E-state index >= 15 is 0 Å². The van der Waals surface area contributed by atoms with Crippen molar-refractivity contribution in [1.82, 2.24) is 0 Å². The number of carbonyl (C=O) groups excluding carboxylic acids is 1. The third-order valence-electron chi connectivity index (χ3n) is 2.74. The lowest BCUT2D eigenvalue weighted by Crippen LogP contribution is -2.12. The third kappa shape index (κ3) is 3.09. The molecule has 0 aliphatic rings. The Morgan fingerprint density at radius 1 is 1.10 bits per heavy atom. The topological polar surface area (TPSA) is 40.9 Å². The van der Waals surface area contributed by atoms with E-state index in [-0.39, 0.29) is 5.56 Å². The molecule has 100 valence electrons. The predicted molar refractivity (Wildman–Crippen MR) is 73.2 cm³/mol. The Kier molecular flexibility index (Phi) is 4.26. The molecular formula is C15H8BrF2NO. The van der Waals surface area contributed by atoms with Gasteiger partial charge >= 0.3 is 0 Å². The molecule has 2 aromatic carbocycles. The van der Waals surface area contributed by atoms with E-state index < -0.39 is 23.3 Å². The van der Waals surface area contributed by atoms with Crippen LogP contribution >= 0.6 is 15.9 Å². The Balaban J connectivity index is 2.39. The van der Waals surface area contributed by atoms with Gasteiger partial charge in [-0.1, -0.05) is 28.1 Å². The molecule has 0 saturated carbocycles. The number of hydrogen-bond acceptors (Lipinski definition) is 2. The zero-order chi connectivity index (χ0) is 14.7. The highest BCUT2D eigenvalue weighted by atomic mass is 79.9. The van der Waals surface area contributed by atoms with Crippen molar-refractivity contribution in [3.05, 3.63) is 69.7 Å². The van der Waals surface area contributed by atoms with Gasteiger partial charge in [-0.05, 0) is 29.8 Å². The van der Waals surface area contributed by atoms with E-state index in [1.54, 1.807) is 24.3 Å². The first-order chi connectivity index (χ1) is 9.51. The lowest BCUT2D eigenvalue weighted by atomic mass is 9.92. The number of halogens is 3. The fourth-order valence-electron chi connectivity index (χ4n) is 1.80. The number of rotatable bonds is 3. The summed E-state index contributed by atoms with van der Waals surface area (Å²) in [6.07, 6.45) is 0. The fourth-order valence-corrected chi connectivity index (χ4v) is 2.07. The van der Waals surface area contributed by atoms with Crippen LogP contribution in [0.25, 0.3) is 0 Å². The standard InChI is InChI=1S/C15H8BrF2NO/c16-11-3-1-9(2-4-11)14(8-19)15(20)10-5-12(17)7-13(18)6-10/h1-7,14H. The van der Waals surface area contributed by atoms with Crippen LogP contribution in [-0.2, 0) is 0 Å². The maximum Gasteiger partial charge on any atom is 0.184 e. The first-order valence-electron chi connectivity index (χ1n) is 5.66. The lowest BCUT2D eigenvalue weighted by Gasteiger charge is -2.09. The molecule has 0 aliphatic carbocycles. The molecular weight excluding hydrogens is 328 g/mol. The minimum absolute atomic E-state index is 0.156. The van der Waals surface area contributed by atoms with Crippen LogP contribution in [0.1, 0.15) is 21.8 Å². The van der Waals surface area contributed by atoms with E-state index in [2.05, 4.69) is 15.9 Å². The van der Waals surface area contributed by atoms with Crippen LogP contribution in [0, 0.1) is 23.0 Å². The van der Waals surface area contributed by atoms with Gasteiger partial charge in [-0.15, -0.1) is 0 Å². The van der Waals surface area contributed by atoms with Crippen molar-refractivity contribution in [2.45, 2.75) is 5.92 Å². The van der Waals surface area contributed by atoms with E-state index in [1.165, 1.54) is 0 Å². The maximum atomic E-state index is 13.1. The van der Waals surface area contributed by atoms with Gasteiger partial charge in [0.1, 0.15) is 17.6 Å². The molecule has 0 aliphatic heterocycles. The summed E-state index contributed by atoms with van der Waals surface area (Å²) in [6, 6.07) is 11.0. The zero-order valence-electron chi connectivity index (χ0n) is 10.1. The van der Waals surface area contributed by atoms with Crippen molar-refractivity contribution in [1.29, 1.82) is 5.26 Å². The number of Topliss-reactive ketones (excluding diaryl/α,β-unsaturated/α-hetero) is 1. The van der Waals surface area contributed by atoms with Gasteiger partial charge in [0.05, 0.1) is 6.07 Å². The number of carbonyl (C=O) groups is 1. The first kappa shape index (κ1) is 14.4. The van der Waals surface area contributed by atoms with E-state index in [0.29, 0.717) is 11.6 Å². The van der Waals surface area contributed by atoms with Gasteiger partial charge in [-0.3, -0.25) is 4.79 Å². The highest BCUT2D eigenvalue weighted by Crippen LogP contribution is 2.23. The number of nitrogens with zero attached hydrogens (tertiary/aromatic N) is 1. The summed E-state index contributed by atoms with van der Waals surface area (Å²) in [5.41, 5.74) is 0.322. The van der Waals surface area contributed by atoms with Gasteiger partial charge in [0, 0.05) is 16.1 Å². The van der Waals surface area contributed by atoms with Crippen LogP contribution in [0.2, 0.25) is 0 Å². The minimum Gasteiger partial charge on any atom is -0.292 e. The van der Waals surface area contributed by atoms with Crippen LogP contribution in [0.3, 0.4) is 0 Å². The second kappa shape index (κ2) is 5.93. The Bertz CT molecular complexity index is 672. The van der Waals surface area contributed by atoms with Crippen LogP contribution in [0.15, 0.2) is 46.9 Å². The summed E-state index contributed by atoms with van der Waals surface area (Å²) in [5, 5.41) is 9.15. The molecule has 0 saturated heterocycles. The van der Waals surface area contributed by atoms with E-state index in [1.807, 2.05) is 6.07 Å². The van der Waals surface area contributed by atoms with Crippen LogP contribution < -0.4 is 0 Å². The Labute approximate surface area is 122 Å². The molecule has 1 unspecified atom stereocenters. The van der Waals surface area contributed by atoms with Gasteiger partial charge in [0.2, 0.25) is 0 Å². The van der Waals surface area contributed by atoms with Crippen molar-refractivity contribution >= 4 is 21.7 Å². The molecule has 20 heavy (non-hydrogen) atoms. The van der Waals surface area contributed by atoms with Crippen LogP contribution in [-0.4, -0.2) is 5.78 Å². The summed E-state index contributed by atoms with van der Waals surface area (Å²) in [5.74, 6) is -3.42. The average molecular weight is 336 g/mol. The lowest BCUT2D eigenvalue weighted by molar-refractivity contribution is 0.0978. The number of benzene rings is 2. The second-order valence-corrected chi connectivity index (χ2v) is 5.05. The summed E-state index contributed by atoms with van der Waals surface area (Å²) >= 11 is 3.25. The van der Waals surface area contributed by atoms with Crippen LogP contribution in [0.4, 0.5) is 8.78 Å².